The van der Waals surface area contributed by atoms with Crippen LogP contribution in [0, 0.1) is 20.8 Å². The van der Waals surface area contributed by atoms with E-state index in [2.05, 4.69) is 82.2 Å². The first-order chi connectivity index (χ1) is 19.5. The Morgan fingerprint density at radius 1 is 1.02 bits per heavy atom. The van der Waals surface area contributed by atoms with Crippen LogP contribution >= 0.6 is 11.8 Å². The Morgan fingerprint density at radius 3 is 2.46 bits per heavy atom. The second kappa shape index (κ2) is 11.5. The highest BCUT2D eigenvalue weighted by atomic mass is 32.2. The Balaban J connectivity index is 1.69. The summed E-state index contributed by atoms with van der Waals surface area (Å²) in [5.41, 5.74) is 7.75. The molecule has 0 unspecified atom stereocenters. The van der Waals surface area contributed by atoms with Crippen molar-refractivity contribution in [2.75, 3.05) is 17.2 Å². The van der Waals surface area contributed by atoms with E-state index in [0.717, 1.165) is 44.9 Å². The van der Waals surface area contributed by atoms with Gasteiger partial charge in [0.15, 0.2) is 0 Å². The number of aromatic nitrogens is 3. The van der Waals surface area contributed by atoms with Crippen molar-refractivity contribution in [3.05, 3.63) is 106 Å². The lowest BCUT2D eigenvalue weighted by molar-refractivity contribution is -0.123. The monoisotopic (exact) mass is 567 g/mol. The fourth-order valence-corrected chi connectivity index (χ4v) is 6.59. The Kier molecular flexibility index (Phi) is 8.04. The molecule has 0 saturated heterocycles. The van der Waals surface area contributed by atoms with Gasteiger partial charge < -0.3 is 5.32 Å². The first-order valence-corrected chi connectivity index (χ1v) is 14.9. The molecule has 1 atom stereocenters. The number of pyridine rings is 1. The van der Waals surface area contributed by atoms with Crippen LogP contribution in [-0.4, -0.2) is 38.9 Å². The fourth-order valence-electron chi connectivity index (χ4n) is 5.30. The average Bonchev–Trinajstić information content (AvgIpc) is 3.26. The number of thioether (sulfide) groups is 1. The van der Waals surface area contributed by atoms with Crippen LogP contribution in [0.2, 0.25) is 0 Å². The van der Waals surface area contributed by atoms with E-state index in [-0.39, 0.29) is 34.8 Å². The normalized spacial score (nSPS) is 15.4. The summed E-state index contributed by atoms with van der Waals surface area (Å²) in [7, 11) is 0. The average molecular weight is 568 g/mol. The van der Waals surface area contributed by atoms with Gasteiger partial charge in [-0.1, -0.05) is 68.8 Å². The number of carbonyl (C=O) groups is 2. The molecule has 2 amide bonds. The van der Waals surface area contributed by atoms with Gasteiger partial charge >= 0.3 is 0 Å². The molecule has 41 heavy (non-hydrogen) atoms. The van der Waals surface area contributed by atoms with E-state index in [0.29, 0.717) is 12.4 Å². The highest BCUT2D eigenvalue weighted by Crippen LogP contribution is 2.49. The molecule has 7 nitrogen and oxygen atoms in total. The van der Waals surface area contributed by atoms with Crippen LogP contribution in [0.4, 0.5) is 5.82 Å². The summed E-state index contributed by atoms with van der Waals surface area (Å²) in [6.45, 7) is 12.9. The molecular formula is C33H37N5O2S. The number of aryl methyl sites for hydroxylation is 3. The van der Waals surface area contributed by atoms with Crippen LogP contribution in [0.25, 0.3) is 5.69 Å². The van der Waals surface area contributed by atoms with Gasteiger partial charge in [-0.25, -0.2) is 4.68 Å². The predicted molar refractivity (Wildman–Crippen MR) is 166 cm³/mol. The summed E-state index contributed by atoms with van der Waals surface area (Å²) in [6.07, 6.45) is 1.70. The van der Waals surface area contributed by atoms with Crippen LogP contribution in [0.3, 0.4) is 0 Å². The number of nitrogens with one attached hydrogen (secondary N) is 1. The minimum Gasteiger partial charge on any atom is -0.349 e. The van der Waals surface area contributed by atoms with Crippen LogP contribution in [0.5, 0.6) is 0 Å². The van der Waals surface area contributed by atoms with Crippen molar-refractivity contribution in [1.82, 2.24) is 20.1 Å². The molecule has 2 aromatic heterocycles. The van der Waals surface area contributed by atoms with E-state index in [1.54, 1.807) is 22.9 Å². The van der Waals surface area contributed by atoms with E-state index in [1.807, 2.05) is 35.0 Å². The summed E-state index contributed by atoms with van der Waals surface area (Å²) < 4.78 is 1.89. The Bertz CT molecular complexity index is 1590. The number of hydrogen-bond donors (Lipinski definition) is 1. The van der Waals surface area contributed by atoms with Gasteiger partial charge in [-0.2, -0.15) is 5.10 Å². The van der Waals surface area contributed by atoms with Crippen molar-refractivity contribution in [2.24, 2.45) is 0 Å². The third-order valence-corrected chi connectivity index (χ3v) is 8.58. The molecule has 2 aromatic carbocycles. The van der Waals surface area contributed by atoms with Gasteiger partial charge in [-0.05, 0) is 55.7 Å². The van der Waals surface area contributed by atoms with Gasteiger partial charge in [0.2, 0.25) is 11.8 Å². The number of rotatable bonds is 6. The lowest BCUT2D eigenvalue weighted by atomic mass is 9.86. The first-order valence-electron chi connectivity index (χ1n) is 13.9. The van der Waals surface area contributed by atoms with Gasteiger partial charge in [0.05, 0.1) is 34.6 Å². The maximum atomic E-state index is 13.9. The van der Waals surface area contributed by atoms with Gasteiger partial charge in [-0.15, -0.1) is 11.8 Å². The highest BCUT2D eigenvalue weighted by molar-refractivity contribution is 8.00. The molecule has 0 radical (unpaired) electrons. The van der Waals surface area contributed by atoms with Crippen LogP contribution in [-0.2, 0) is 21.5 Å². The lowest BCUT2D eigenvalue weighted by Crippen LogP contribution is -2.42. The zero-order valence-electron chi connectivity index (χ0n) is 24.6. The number of benzene rings is 2. The molecule has 1 N–H and O–H groups in total. The molecular weight excluding hydrogens is 530 g/mol. The molecule has 0 bridgehead atoms. The largest absolute Gasteiger partial charge is 0.349 e. The van der Waals surface area contributed by atoms with E-state index in [9.17, 15) is 9.59 Å². The third-order valence-electron chi connectivity index (χ3n) is 7.35. The standard InChI is InChI=1S/C33H37N5O2S/c1-21-14-15-26(23(3)17-21)38-32-29(31(36-38)33(4,5)6)30(25-13-8-7-11-22(25)2)41-20-28(40)37(32)19-27(39)35-18-24-12-9-10-16-34-24/h7-17,30H,18-20H2,1-6H3,(H,35,39)/t30-/m1/s1. The van der Waals surface area contributed by atoms with Crippen LogP contribution in [0.15, 0.2) is 66.9 Å². The van der Waals surface area contributed by atoms with Gasteiger partial charge in [0.1, 0.15) is 12.4 Å². The van der Waals surface area contributed by atoms with Crippen LogP contribution < -0.4 is 10.2 Å². The zero-order valence-corrected chi connectivity index (χ0v) is 25.4. The molecule has 8 heteroatoms. The molecule has 0 spiro atoms. The second-order valence-corrected chi connectivity index (χ2v) is 12.8. The van der Waals surface area contributed by atoms with Crippen molar-refractivity contribution in [3.8, 4) is 5.69 Å². The Morgan fingerprint density at radius 2 is 1.78 bits per heavy atom. The Hall–Kier alpha value is -3.91. The highest BCUT2D eigenvalue weighted by Gasteiger charge is 2.40. The SMILES string of the molecule is Cc1ccc(-n2nc(C(C)(C)C)c3c2N(CC(=O)NCc2ccccn2)C(=O)CS[C@@H]3c2ccccc2C)c(C)c1. The van der Waals surface area contributed by atoms with Crippen molar-refractivity contribution < 1.29 is 9.59 Å². The summed E-state index contributed by atoms with van der Waals surface area (Å²) in [5.74, 6) is 0.544. The molecule has 1 aliphatic rings. The summed E-state index contributed by atoms with van der Waals surface area (Å²) in [4.78, 5) is 33.2. The molecule has 3 heterocycles. The fraction of sp³-hybridized carbons (Fsp3) is 0.333. The number of amides is 2. The molecule has 212 valence electrons. The van der Waals surface area contributed by atoms with Gasteiger partial charge in [-0.3, -0.25) is 19.5 Å². The maximum Gasteiger partial charge on any atom is 0.240 e. The van der Waals surface area contributed by atoms with E-state index < -0.39 is 0 Å². The first kappa shape index (κ1) is 28.6. The number of fused-ring (bicyclic) bond motifs is 1. The van der Waals surface area contributed by atoms with Crippen LogP contribution in [0.1, 0.15) is 65.2 Å². The van der Waals surface area contributed by atoms with Crippen molar-refractivity contribution in [1.29, 1.82) is 0 Å². The molecule has 0 fully saturated rings. The predicted octanol–water partition coefficient (Wildman–Crippen LogP) is 5.98. The minimum atomic E-state index is -0.310. The lowest BCUT2D eigenvalue weighted by Gasteiger charge is -2.25. The smallest absolute Gasteiger partial charge is 0.240 e. The minimum absolute atomic E-state index is 0.111. The zero-order chi connectivity index (χ0) is 29.3. The van der Waals surface area contributed by atoms with E-state index >= 15 is 0 Å². The molecule has 5 rings (SSSR count). The van der Waals surface area contributed by atoms with Crippen molar-refractivity contribution in [3.63, 3.8) is 0 Å². The maximum absolute atomic E-state index is 13.9. The second-order valence-electron chi connectivity index (χ2n) is 11.7. The van der Waals surface area contributed by atoms with E-state index in [4.69, 9.17) is 5.10 Å². The van der Waals surface area contributed by atoms with Gasteiger partial charge in [0.25, 0.3) is 0 Å². The summed E-state index contributed by atoms with van der Waals surface area (Å²) in [6, 6.07) is 20.1. The number of nitrogens with zero attached hydrogens (tertiary/aromatic N) is 4. The summed E-state index contributed by atoms with van der Waals surface area (Å²) in [5, 5.41) is 8.06. The molecule has 0 saturated carbocycles. The van der Waals surface area contributed by atoms with Gasteiger partial charge in [0, 0.05) is 17.2 Å². The van der Waals surface area contributed by atoms with Crippen molar-refractivity contribution in [2.45, 2.75) is 58.8 Å². The molecule has 0 aliphatic carbocycles. The third kappa shape index (κ3) is 5.93. The number of carbonyl (C=O) groups excluding carboxylic acids is 2. The molecule has 4 aromatic rings. The number of hydrogen-bond acceptors (Lipinski definition) is 5. The Labute approximate surface area is 246 Å². The number of anilines is 1. The quantitative estimate of drug-likeness (QED) is 0.310. The molecule has 1 aliphatic heterocycles. The summed E-state index contributed by atoms with van der Waals surface area (Å²) >= 11 is 1.60. The van der Waals surface area contributed by atoms with Crippen molar-refractivity contribution >= 4 is 29.4 Å². The van der Waals surface area contributed by atoms with E-state index in [1.165, 1.54) is 0 Å². The topological polar surface area (TPSA) is 80.1 Å².